The Hall–Kier alpha value is -3.52. The number of carbonyl (C=O) groups excluding carboxylic acids is 1. The zero-order valence-corrected chi connectivity index (χ0v) is 19.9. The molecular weight excluding hydrogens is 434 g/mol. The number of rotatable bonds is 9. The summed E-state index contributed by atoms with van der Waals surface area (Å²) in [6.45, 7) is 7.00. The fourth-order valence-corrected chi connectivity index (χ4v) is 4.57. The summed E-state index contributed by atoms with van der Waals surface area (Å²) in [6.07, 6.45) is 1.82. The van der Waals surface area contributed by atoms with E-state index >= 15 is 0 Å². The molecule has 0 radical (unpaired) electrons. The first-order chi connectivity index (χ1) is 16.1. The summed E-state index contributed by atoms with van der Waals surface area (Å²) >= 11 is 1.35. The van der Waals surface area contributed by atoms with Crippen molar-refractivity contribution >= 4 is 17.2 Å². The molecule has 0 aliphatic rings. The van der Waals surface area contributed by atoms with Crippen molar-refractivity contribution in [3.8, 4) is 22.1 Å². The highest BCUT2D eigenvalue weighted by Crippen LogP contribution is 2.29. The van der Waals surface area contributed by atoms with Crippen LogP contribution >= 0.6 is 11.3 Å². The molecule has 2 aromatic heterocycles. The maximum Gasteiger partial charge on any atom is 0.263 e. The van der Waals surface area contributed by atoms with Crippen LogP contribution in [0.3, 0.4) is 0 Å². The third-order valence-corrected chi connectivity index (χ3v) is 6.43. The summed E-state index contributed by atoms with van der Waals surface area (Å²) in [5.74, 6) is 0.718. The highest BCUT2D eigenvalue weighted by atomic mass is 32.1. The zero-order valence-electron chi connectivity index (χ0n) is 19.0. The number of hydrogen-bond acceptors (Lipinski definition) is 6. The molecule has 7 nitrogen and oxygen atoms in total. The van der Waals surface area contributed by atoms with Gasteiger partial charge in [-0.15, -0.1) is 16.4 Å². The third kappa shape index (κ3) is 5.28. The maximum absolute atomic E-state index is 12.7. The summed E-state index contributed by atoms with van der Waals surface area (Å²) in [7, 11) is 0. The van der Waals surface area contributed by atoms with E-state index in [1.807, 2.05) is 63.2 Å². The van der Waals surface area contributed by atoms with Crippen LogP contribution in [0.25, 0.3) is 16.4 Å². The van der Waals surface area contributed by atoms with Gasteiger partial charge in [0.15, 0.2) is 0 Å². The molecule has 1 N–H and O–H groups in total. The lowest BCUT2D eigenvalue weighted by molar-refractivity contribution is 0.0956. The van der Waals surface area contributed by atoms with Crippen LogP contribution in [0.15, 0.2) is 54.6 Å². The van der Waals surface area contributed by atoms with Crippen LogP contribution < -0.4 is 10.1 Å². The Labute approximate surface area is 197 Å². The number of hydrogen-bond donors (Lipinski definition) is 1. The fraction of sp³-hybridized carbons (Fsp3) is 0.280. The summed E-state index contributed by atoms with van der Waals surface area (Å²) in [5, 5.41) is 12.4. The van der Waals surface area contributed by atoms with Gasteiger partial charge < -0.3 is 10.1 Å². The van der Waals surface area contributed by atoms with Crippen LogP contribution in [0.5, 0.6) is 5.75 Å². The Morgan fingerprint density at radius 1 is 1.09 bits per heavy atom. The van der Waals surface area contributed by atoms with Gasteiger partial charge in [-0.2, -0.15) is 0 Å². The molecule has 0 aliphatic heterocycles. The molecule has 2 aromatic carbocycles. The molecule has 2 heterocycles. The summed E-state index contributed by atoms with van der Waals surface area (Å²) in [4.78, 5) is 17.9. The monoisotopic (exact) mass is 461 g/mol. The molecule has 33 heavy (non-hydrogen) atoms. The van der Waals surface area contributed by atoms with Crippen molar-refractivity contribution in [1.29, 1.82) is 0 Å². The minimum absolute atomic E-state index is 0.0964. The van der Waals surface area contributed by atoms with Crippen LogP contribution in [0.4, 0.5) is 0 Å². The molecule has 0 bridgehead atoms. The van der Waals surface area contributed by atoms with Crippen molar-refractivity contribution in [1.82, 2.24) is 25.3 Å². The van der Waals surface area contributed by atoms with E-state index in [9.17, 15) is 4.79 Å². The first kappa shape index (κ1) is 22.7. The molecule has 4 rings (SSSR count). The van der Waals surface area contributed by atoms with Gasteiger partial charge in [0.1, 0.15) is 21.3 Å². The zero-order chi connectivity index (χ0) is 23.2. The maximum atomic E-state index is 12.7. The van der Waals surface area contributed by atoms with Gasteiger partial charge in [0.05, 0.1) is 23.7 Å². The van der Waals surface area contributed by atoms with Crippen LogP contribution in [0, 0.1) is 13.8 Å². The Morgan fingerprint density at radius 3 is 2.58 bits per heavy atom. The number of nitrogens with zero attached hydrogens (tertiary/aromatic N) is 4. The number of aryl methyl sites for hydroxylation is 2. The van der Waals surface area contributed by atoms with E-state index in [4.69, 9.17) is 4.74 Å². The van der Waals surface area contributed by atoms with Crippen LogP contribution in [0.2, 0.25) is 0 Å². The van der Waals surface area contributed by atoms with Crippen LogP contribution in [-0.2, 0) is 6.42 Å². The number of aromatic nitrogens is 4. The van der Waals surface area contributed by atoms with Crippen molar-refractivity contribution in [2.45, 2.75) is 33.6 Å². The van der Waals surface area contributed by atoms with E-state index in [1.54, 1.807) is 4.68 Å². The molecule has 0 saturated heterocycles. The fourth-order valence-electron chi connectivity index (χ4n) is 3.55. The van der Waals surface area contributed by atoms with Gasteiger partial charge in [-0.1, -0.05) is 35.5 Å². The van der Waals surface area contributed by atoms with E-state index in [1.165, 1.54) is 16.9 Å². The van der Waals surface area contributed by atoms with E-state index in [0.717, 1.165) is 30.0 Å². The normalized spacial score (nSPS) is 10.9. The van der Waals surface area contributed by atoms with Crippen molar-refractivity contribution in [2.24, 2.45) is 0 Å². The van der Waals surface area contributed by atoms with Crippen molar-refractivity contribution in [3.63, 3.8) is 0 Å². The second-order valence-electron chi connectivity index (χ2n) is 7.64. The molecule has 8 heteroatoms. The van der Waals surface area contributed by atoms with Gasteiger partial charge in [-0.05, 0) is 63.4 Å². The SMILES string of the molecule is CCOc1ccc(-n2nnc(-c3nc(C)c(C(=O)NCCCc4ccccc4)s3)c2C)cc1. The number of carbonyl (C=O) groups is 1. The average molecular weight is 462 g/mol. The van der Waals surface area contributed by atoms with E-state index in [0.29, 0.717) is 34.4 Å². The van der Waals surface area contributed by atoms with E-state index in [2.05, 4.69) is 32.7 Å². The predicted molar refractivity (Wildman–Crippen MR) is 130 cm³/mol. The second kappa shape index (κ2) is 10.4. The Morgan fingerprint density at radius 2 is 1.85 bits per heavy atom. The van der Waals surface area contributed by atoms with Crippen molar-refractivity contribution in [2.75, 3.05) is 13.2 Å². The highest BCUT2D eigenvalue weighted by molar-refractivity contribution is 7.17. The highest BCUT2D eigenvalue weighted by Gasteiger charge is 2.20. The summed E-state index contributed by atoms with van der Waals surface area (Å²) in [6, 6.07) is 18.0. The van der Waals surface area contributed by atoms with E-state index in [-0.39, 0.29) is 5.91 Å². The van der Waals surface area contributed by atoms with Gasteiger partial charge in [-0.3, -0.25) is 4.79 Å². The molecule has 0 unspecified atom stereocenters. The number of ether oxygens (including phenoxy) is 1. The first-order valence-corrected chi connectivity index (χ1v) is 11.8. The molecule has 0 aliphatic carbocycles. The lowest BCUT2D eigenvalue weighted by Gasteiger charge is -2.06. The van der Waals surface area contributed by atoms with Crippen molar-refractivity contribution in [3.05, 3.63) is 76.4 Å². The Balaban J connectivity index is 1.43. The van der Waals surface area contributed by atoms with Gasteiger partial charge in [0, 0.05) is 6.54 Å². The number of thiazole rings is 1. The van der Waals surface area contributed by atoms with E-state index < -0.39 is 0 Å². The topological polar surface area (TPSA) is 81.9 Å². The standard InChI is InChI=1S/C25H27N5O2S/c1-4-32-21-14-12-20(13-15-21)30-18(3)22(28-29-30)25-27-17(2)23(33-25)24(31)26-16-8-11-19-9-6-5-7-10-19/h5-7,9-10,12-15H,4,8,11,16H2,1-3H3,(H,26,31). The van der Waals surface area contributed by atoms with Gasteiger partial charge in [0.2, 0.25) is 0 Å². The predicted octanol–water partition coefficient (Wildman–Crippen LogP) is 4.77. The number of amides is 1. The van der Waals surface area contributed by atoms with Crippen molar-refractivity contribution < 1.29 is 9.53 Å². The molecule has 1 amide bonds. The third-order valence-electron chi connectivity index (χ3n) is 5.26. The molecule has 0 saturated carbocycles. The second-order valence-corrected chi connectivity index (χ2v) is 8.64. The summed E-state index contributed by atoms with van der Waals surface area (Å²) in [5.41, 5.74) is 4.40. The summed E-state index contributed by atoms with van der Waals surface area (Å²) < 4.78 is 7.27. The lowest BCUT2D eigenvalue weighted by Crippen LogP contribution is -2.24. The van der Waals surface area contributed by atoms with Gasteiger partial charge in [-0.25, -0.2) is 9.67 Å². The lowest BCUT2D eigenvalue weighted by atomic mass is 10.1. The molecule has 170 valence electrons. The molecular formula is C25H27N5O2S. The molecule has 0 atom stereocenters. The average Bonchev–Trinajstić information content (AvgIpc) is 3.40. The smallest absolute Gasteiger partial charge is 0.263 e. The minimum Gasteiger partial charge on any atom is -0.494 e. The number of benzene rings is 2. The number of nitrogens with one attached hydrogen (secondary N) is 1. The minimum atomic E-state index is -0.0964. The largest absolute Gasteiger partial charge is 0.494 e. The quantitative estimate of drug-likeness (QED) is 0.363. The molecule has 0 fully saturated rings. The van der Waals surface area contributed by atoms with Crippen LogP contribution in [0.1, 0.15) is 40.0 Å². The Kier molecular flexibility index (Phi) is 7.14. The van der Waals surface area contributed by atoms with Gasteiger partial charge >= 0.3 is 0 Å². The first-order valence-electron chi connectivity index (χ1n) is 11.0. The van der Waals surface area contributed by atoms with Gasteiger partial charge in [0.25, 0.3) is 5.91 Å². The van der Waals surface area contributed by atoms with Crippen LogP contribution in [-0.4, -0.2) is 39.0 Å². The Bertz CT molecular complexity index is 1220. The molecule has 4 aromatic rings. The molecule has 0 spiro atoms.